The van der Waals surface area contributed by atoms with Crippen LogP contribution in [0.1, 0.15) is 76.0 Å². The smallest absolute Gasteiger partial charge is 0.178 e. The van der Waals surface area contributed by atoms with E-state index in [1.54, 1.807) is 12.2 Å². The number of nitrogens with zero attached hydrogens (tertiary/aromatic N) is 1. The van der Waals surface area contributed by atoms with E-state index in [1.807, 2.05) is 0 Å². The van der Waals surface area contributed by atoms with Crippen molar-refractivity contribution in [3.05, 3.63) is 138 Å². The maximum Gasteiger partial charge on any atom is 0.178 e. The Kier molecular flexibility index (Phi) is 10.6. The molecule has 4 heteroatoms. The van der Waals surface area contributed by atoms with Crippen LogP contribution in [-0.2, 0) is 9.59 Å². The van der Waals surface area contributed by atoms with E-state index in [-0.39, 0.29) is 16.6 Å². The van der Waals surface area contributed by atoms with Crippen LogP contribution in [0.5, 0.6) is 5.75 Å². The Labute approximate surface area is 299 Å². The molecule has 3 aromatic rings. The van der Waals surface area contributed by atoms with E-state index in [9.17, 15) is 9.59 Å². The molecule has 0 heterocycles. The molecule has 3 fully saturated rings. The Balaban J connectivity index is 0.000000177. The minimum Gasteiger partial charge on any atom is -0.492 e. The van der Waals surface area contributed by atoms with Crippen molar-refractivity contribution >= 4 is 22.7 Å². The molecular formula is C46H53NO3. The number of carbonyl (C=O) groups is 2. The molecule has 3 aromatic carbocycles. The van der Waals surface area contributed by atoms with E-state index < -0.39 is 0 Å². The monoisotopic (exact) mass is 667 g/mol. The number of benzene rings is 3. The zero-order valence-electron chi connectivity index (χ0n) is 30.6. The normalized spacial score (nSPS) is 27.4. The molecule has 0 unspecified atom stereocenters. The number of Topliss-reactive ketones (excluding diaryl/α,β-unsaturated/α-hetero) is 1. The zero-order valence-corrected chi connectivity index (χ0v) is 30.6. The highest BCUT2D eigenvalue weighted by Gasteiger charge is 2.59. The first-order valence-corrected chi connectivity index (χ1v) is 18.4. The second-order valence-electron chi connectivity index (χ2n) is 15.3. The quantitative estimate of drug-likeness (QED) is 0.224. The van der Waals surface area contributed by atoms with Crippen LogP contribution < -0.4 is 4.74 Å². The summed E-state index contributed by atoms with van der Waals surface area (Å²) in [4.78, 5) is 26.3. The number of allylic oxidation sites excluding steroid dienone is 6. The fourth-order valence-corrected chi connectivity index (χ4v) is 9.33. The Bertz CT molecular complexity index is 1800. The van der Waals surface area contributed by atoms with Crippen LogP contribution in [0.15, 0.2) is 121 Å². The third-order valence-electron chi connectivity index (χ3n) is 12.0. The van der Waals surface area contributed by atoms with Crippen LogP contribution in [0.4, 0.5) is 0 Å². The first-order chi connectivity index (χ1) is 24.0. The summed E-state index contributed by atoms with van der Waals surface area (Å²) in [5.74, 6) is 3.05. The summed E-state index contributed by atoms with van der Waals surface area (Å²) in [7, 11) is 4.11. The van der Waals surface area contributed by atoms with Gasteiger partial charge in [0.25, 0.3) is 0 Å². The maximum atomic E-state index is 12.4. The number of fused-ring (bicyclic) bond motifs is 5. The summed E-state index contributed by atoms with van der Waals surface area (Å²) < 4.78 is 5.87. The molecule has 50 heavy (non-hydrogen) atoms. The van der Waals surface area contributed by atoms with Crippen LogP contribution in [0.25, 0.3) is 11.1 Å². The molecule has 260 valence electrons. The number of hydrogen-bond donors (Lipinski definition) is 0. The van der Waals surface area contributed by atoms with Gasteiger partial charge < -0.3 is 9.64 Å². The van der Waals surface area contributed by atoms with Gasteiger partial charge in [0.1, 0.15) is 18.1 Å². The molecule has 0 aromatic heterocycles. The fraction of sp³-hybridized carbons (Fsp3) is 0.391. The van der Waals surface area contributed by atoms with Gasteiger partial charge in [-0.05, 0) is 122 Å². The van der Waals surface area contributed by atoms with E-state index in [0.29, 0.717) is 30.1 Å². The van der Waals surface area contributed by atoms with Gasteiger partial charge in [-0.25, -0.2) is 0 Å². The van der Waals surface area contributed by atoms with E-state index >= 15 is 0 Å². The second kappa shape index (κ2) is 14.9. The Morgan fingerprint density at radius 3 is 2.14 bits per heavy atom. The van der Waals surface area contributed by atoms with Crippen molar-refractivity contribution < 1.29 is 14.3 Å². The first-order valence-electron chi connectivity index (χ1n) is 18.4. The highest BCUT2D eigenvalue weighted by Crippen LogP contribution is 2.64. The van der Waals surface area contributed by atoms with E-state index in [2.05, 4.69) is 137 Å². The summed E-state index contributed by atoms with van der Waals surface area (Å²) in [6.45, 7) is 12.6. The largest absolute Gasteiger partial charge is 0.492 e. The van der Waals surface area contributed by atoms with Crippen molar-refractivity contribution in [2.75, 3.05) is 27.2 Å². The van der Waals surface area contributed by atoms with Gasteiger partial charge in [0, 0.05) is 23.8 Å². The highest BCUT2D eigenvalue weighted by molar-refractivity contribution is 6.02. The lowest BCUT2D eigenvalue weighted by molar-refractivity contribution is -0.131. The standard InChI is InChI=1S/C26H29NO.C20H24O2/c1-4-25(21-11-7-5-8-12-21)26(22-13-9-6-10-14-22)23-15-17-24(18-16-23)28-20-19-27(2)3;1-12-10-14-15-4-5-18(22)20(15,3)9-7-16(14)19(2)8-6-13(21)11-17(12)19/h5-18H,4,19-20H2,1-3H3;6,8,11,14-16H,1,4-5,7,9-10H2,2-3H3/b26-25-;/t;14-,15-,16-,19+,20-/m.0/s1. The molecule has 4 nitrogen and oxygen atoms in total. The third-order valence-corrected chi connectivity index (χ3v) is 12.0. The predicted octanol–water partition coefficient (Wildman–Crippen LogP) is 10.0. The number of hydrogen-bond acceptors (Lipinski definition) is 4. The average molecular weight is 668 g/mol. The molecule has 0 radical (unpaired) electrons. The summed E-state index contributed by atoms with van der Waals surface area (Å²) in [6, 6.07) is 29.8. The molecule has 0 N–H and O–H groups in total. The highest BCUT2D eigenvalue weighted by atomic mass is 16.5. The molecule has 0 bridgehead atoms. The topological polar surface area (TPSA) is 46.6 Å². The Morgan fingerprint density at radius 1 is 0.860 bits per heavy atom. The molecule has 4 aliphatic carbocycles. The van der Waals surface area contributed by atoms with Gasteiger partial charge in [0.15, 0.2) is 5.78 Å². The second-order valence-corrected chi connectivity index (χ2v) is 15.3. The molecule has 7 rings (SSSR count). The molecule has 0 saturated heterocycles. The lowest BCUT2D eigenvalue weighted by atomic mass is 9.48. The van der Waals surface area contributed by atoms with E-state index in [1.165, 1.54) is 27.8 Å². The third kappa shape index (κ3) is 7.01. The summed E-state index contributed by atoms with van der Waals surface area (Å²) in [5, 5.41) is 0. The SMILES string of the molecule is C=C1C[C@@H]2[C@H](CC[C@]3(C)C(=O)CC[C@@H]23)[C@@]2(C)C=CC(=O)C=C12.CC/C(=C(\c1ccccc1)c1ccc(OCCN(C)C)cc1)c1ccccc1. The number of rotatable bonds is 8. The van der Waals surface area contributed by atoms with Gasteiger partial charge in [-0.2, -0.15) is 0 Å². The van der Waals surface area contributed by atoms with Crippen LogP contribution in [0.3, 0.4) is 0 Å². The van der Waals surface area contributed by atoms with Gasteiger partial charge in [0.05, 0.1) is 0 Å². The van der Waals surface area contributed by atoms with Gasteiger partial charge >= 0.3 is 0 Å². The van der Waals surface area contributed by atoms with E-state index in [0.717, 1.165) is 62.0 Å². The van der Waals surface area contributed by atoms with Gasteiger partial charge in [0.2, 0.25) is 0 Å². The molecule has 5 atom stereocenters. The fourth-order valence-electron chi connectivity index (χ4n) is 9.33. The van der Waals surface area contributed by atoms with Crippen molar-refractivity contribution in [1.82, 2.24) is 4.90 Å². The summed E-state index contributed by atoms with van der Waals surface area (Å²) in [6.07, 6.45) is 11.5. The minimum atomic E-state index is -0.104. The summed E-state index contributed by atoms with van der Waals surface area (Å²) >= 11 is 0. The van der Waals surface area contributed by atoms with Crippen LogP contribution >= 0.6 is 0 Å². The van der Waals surface area contributed by atoms with Gasteiger partial charge in [-0.15, -0.1) is 0 Å². The van der Waals surface area contributed by atoms with Gasteiger partial charge in [-0.1, -0.05) is 112 Å². The number of ketones is 2. The number of carbonyl (C=O) groups excluding carboxylic acids is 2. The summed E-state index contributed by atoms with van der Waals surface area (Å²) in [5.41, 5.74) is 8.46. The Hall–Kier alpha value is -4.28. The van der Waals surface area contributed by atoms with Crippen molar-refractivity contribution in [3.8, 4) is 5.75 Å². The van der Waals surface area contributed by atoms with Crippen LogP contribution in [0, 0.1) is 28.6 Å². The van der Waals surface area contributed by atoms with Crippen molar-refractivity contribution in [2.24, 2.45) is 28.6 Å². The Morgan fingerprint density at radius 2 is 1.50 bits per heavy atom. The lowest BCUT2D eigenvalue weighted by Gasteiger charge is -2.56. The van der Waals surface area contributed by atoms with Crippen molar-refractivity contribution in [1.29, 1.82) is 0 Å². The minimum absolute atomic E-state index is 0.0686. The number of likely N-dealkylation sites (N-methyl/N-ethyl adjacent to an activating group) is 1. The van der Waals surface area contributed by atoms with Crippen LogP contribution in [0.2, 0.25) is 0 Å². The maximum absolute atomic E-state index is 12.4. The molecule has 0 spiro atoms. The molecule has 0 aliphatic heterocycles. The van der Waals surface area contributed by atoms with Crippen molar-refractivity contribution in [2.45, 2.75) is 59.3 Å². The predicted molar refractivity (Wildman–Crippen MR) is 206 cm³/mol. The average Bonchev–Trinajstić information content (AvgIpc) is 3.43. The molecular weight excluding hydrogens is 615 g/mol. The molecule has 3 saturated carbocycles. The van der Waals surface area contributed by atoms with Crippen molar-refractivity contribution in [3.63, 3.8) is 0 Å². The lowest BCUT2D eigenvalue weighted by Crippen LogP contribution is -2.50. The first kappa shape index (κ1) is 35.5. The van der Waals surface area contributed by atoms with Crippen LogP contribution in [-0.4, -0.2) is 43.7 Å². The van der Waals surface area contributed by atoms with Gasteiger partial charge in [-0.3, -0.25) is 9.59 Å². The molecule has 4 aliphatic rings. The molecule has 0 amide bonds. The van der Waals surface area contributed by atoms with E-state index in [4.69, 9.17) is 4.74 Å². The number of ether oxygens (including phenoxy) is 1. The zero-order chi connectivity index (χ0) is 35.5.